The fourth-order valence-electron chi connectivity index (χ4n) is 2.25. The van der Waals surface area contributed by atoms with E-state index in [4.69, 9.17) is 5.73 Å². The van der Waals surface area contributed by atoms with Gasteiger partial charge in [0.15, 0.2) is 5.82 Å². The molecule has 1 aromatic heterocycles. The van der Waals surface area contributed by atoms with Gasteiger partial charge in [-0.3, -0.25) is 9.48 Å². The number of nitrogens with one attached hydrogen (secondary N) is 1. The predicted molar refractivity (Wildman–Crippen MR) is 62.8 cm³/mol. The molecule has 0 saturated heterocycles. The molecule has 17 heavy (non-hydrogen) atoms. The van der Waals surface area contributed by atoms with Crippen LogP contribution in [0.5, 0.6) is 0 Å². The Hall–Kier alpha value is -1.43. The van der Waals surface area contributed by atoms with Crippen LogP contribution in [0.2, 0.25) is 0 Å². The van der Waals surface area contributed by atoms with Crippen LogP contribution >= 0.6 is 0 Å². The lowest BCUT2D eigenvalue weighted by atomic mass is 9.84. The van der Waals surface area contributed by atoms with Gasteiger partial charge in [-0.1, -0.05) is 12.8 Å². The maximum atomic E-state index is 11.9. The summed E-state index contributed by atoms with van der Waals surface area (Å²) in [5.74, 6) is 0.613. The van der Waals surface area contributed by atoms with Gasteiger partial charge in [-0.15, -0.1) is 0 Å². The van der Waals surface area contributed by atoms with E-state index in [2.05, 4.69) is 15.4 Å². The lowest BCUT2D eigenvalue weighted by Gasteiger charge is -2.27. The van der Waals surface area contributed by atoms with E-state index >= 15 is 0 Å². The molecule has 1 heterocycles. The Labute approximate surface area is 101 Å². The van der Waals surface area contributed by atoms with E-state index in [0.29, 0.717) is 12.4 Å². The molecule has 6 nitrogen and oxygen atoms in total. The van der Waals surface area contributed by atoms with Crippen LogP contribution in [-0.2, 0) is 18.4 Å². The number of amides is 1. The van der Waals surface area contributed by atoms with Crippen molar-refractivity contribution in [1.29, 1.82) is 0 Å². The molecular formula is C11H19N5O. The van der Waals surface area contributed by atoms with Gasteiger partial charge in [-0.25, -0.2) is 4.98 Å². The minimum atomic E-state index is -0.0486. The lowest BCUT2D eigenvalue weighted by Crippen LogP contribution is -2.43. The van der Waals surface area contributed by atoms with Crippen molar-refractivity contribution in [3.05, 3.63) is 12.2 Å². The Bertz CT molecular complexity index is 389. The Morgan fingerprint density at radius 1 is 1.59 bits per heavy atom. The molecule has 0 bridgehead atoms. The molecule has 1 aromatic rings. The van der Waals surface area contributed by atoms with Crippen molar-refractivity contribution in [2.75, 3.05) is 0 Å². The van der Waals surface area contributed by atoms with Crippen LogP contribution in [0.25, 0.3) is 0 Å². The summed E-state index contributed by atoms with van der Waals surface area (Å²) >= 11 is 0. The minimum absolute atomic E-state index is 0.000409. The molecule has 0 radical (unpaired) electrons. The SMILES string of the molecule is Cn1cnc(CNC(=O)C2CCCCC2N)n1. The second-order valence-electron chi connectivity index (χ2n) is 4.61. The van der Waals surface area contributed by atoms with Gasteiger partial charge < -0.3 is 11.1 Å². The molecule has 1 amide bonds. The number of nitrogens with zero attached hydrogens (tertiary/aromatic N) is 3. The van der Waals surface area contributed by atoms with Gasteiger partial charge >= 0.3 is 0 Å². The number of carbonyl (C=O) groups excluding carboxylic acids is 1. The first-order valence-corrected chi connectivity index (χ1v) is 6.04. The summed E-state index contributed by atoms with van der Waals surface area (Å²) in [6, 6.07) is 0.000409. The molecule has 0 spiro atoms. The summed E-state index contributed by atoms with van der Waals surface area (Å²) in [5, 5.41) is 6.96. The first-order valence-electron chi connectivity index (χ1n) is 6.04. The number of hydrogen-bond acceptors (Lipinski definition) is 4. The summed E-state index contributed by atoms with van der Waals surface area (Å²) in [7, 11) is 1.80. The van der Waals surface area contributed by atoms with Crippen LogP contribution in [0.3, 0.4) is 0 Å². The Kier molecular flexibility index (Phi) is 3.73. The second-order valence-corrected chi connectivity index (χ2v) is 4.61. The van der Waals surface area contributed by atoms with Crippen LogP contribution in [0, 0.1) is 5.92 Å². The highest BCUT2D eigenvalue weighted by molar-refractivity contribution is 5.79. The van der Waals surface area contributed by atoms with Crippen molar-refractivity contribution >= 4 is 5.91 Å². The van der Waals surface area contributed by atoms with E-state index in [1.807, 2.05) is 0 Å². The van der Waals surface area contributed by atoms with Crippen molar-refractivity contribution in [1.82, 2.24) is 20.1 Å². The average molecular weight is 237 g/mol. The topological polar surface area (TPSA) is 85.8 Å². The fourth-order valence-corrected chi connectivity index (χ4v) is 2.25. The first-order chi connectivity index (χ1) is 8.16. The third kappa shape index (κ3) is 3.03. The zero-order chi connectivity index (χ0) is 12.3. The predicted octanol–water partition coefficient (Wildman–Crippen LogP) is -0.0512. The van der Waals surface area contributed by atoms with Crippen LogP contribution in [0.1, 0.15) is 31.5 Å². The molecule has 3 N–H and O–H groups in total. The fraction of sp³-hybridized carbons (Fsp3) is 0.727. The van der Waals surface area contributed by atoms with Crippen LogP contribution in [-0.4, -0.2) is 26.7 Å². The Balaban J connectivity index is 1.84. The molecule has 1 aliphatic carbocycles. The number of carbonyl (C=O) groups is 1. The molecule has 1 fully saturated rings. The standard InChI is InChI=1S/C11H19N5O/c1-16-7-14-10(15-16)6-13-11(17)8-4-2-3-5-9(8)12/h7-9H,2-6,12H2,1H3,(H,13,17). The maximum absolute atomic E-state index is 11.9. The van der Waals surface area contributed by atoms with E-state index in [-0.39, 0.29) is 17.9 Å². The monoisotopic (exact) mass is 237 g/mol. The van der Waals surface area contributed by atoms with Crippen LogP contribution in [0.4, 0.5) is 0 Å². The molecule has 6 heteroatoms. The summed E-state index contributed by atoms with van der Waals surface area (Å²) in [6.45, 7) is 0.378. The number of aryl methyl sites for hydroxylation is 1. The van der Waals surface area contributed by atoms with Gasteiger partial charge in [0.2, 0.25) is 5.91 Å². The van der Waals surface area contributed by atoms with E-state index in [1.165, 1.54) is 0 Å². The van der Waals surface area contributed by atoms with Crippen molar-refractivity contribution in [2.45, 2.75) is 38.3 Å². The normalized spacial score (nSPS) is 24.6. The second kappa shape index (κ2) is 5.27. The van der Waals surface area contributed by atoms with Crippen molar-refractivity contribution in [3.8, 4) is 0 Å². The highest BCUT2D eigenvalue weighted by Crippen LogP contribution is 2.22. The summed E-state index contributed by atoms with van der Waals surface area (Å²) < 4.78 is 1.62. The largest absolute Gasteiger partial charge is 0.348 e. The number of aromatic nitrogens is 3. The Morgan fingerprint density at radius 3 is 3.00 bits per heavy atom. The number of hydrogen-bond donors (Lipinski definition) is 2. The highest BCUT2D eigenvalue weighted by atomic mass is 16.1. The van der Waals surface area contributed by atoms with E-state index in [1.54, 1.807) is 18.1 Å². The first kappa shape index (κ1) is 12.0. The lowest BCUT2D eigenvalue weighted by molar-refractivity contribution is -0.126. The van der Waals surface area contributed by atoms with Crippen molar-refractivity contribution in [2.24, 2.45) is 18.7 Å². The summed E-state index contributed by atoms with van der Waals surface area (Å²) in [4.78, 5) is 16.0. The zero-order valence-electron chi connectivity index (χ0n) is 10.1. The van der Waals surface area contributed by atoms with Gasteiger partial charge in [0.05, 0.1) is 12.5 Å². The van der Waals surface area contributed by atoms with Gasteiger partial charge in [0.25, 0.3) is 0 Å². The van der Waals surface area contributed by atoms with E-state index in [9.17, 15) is 4.79 Å². The molecule has 1 aliphatic rings. The van der Waals surface area contributed by atoms with Crippen LogP contribution in [0.15, 0.2) is 6.33 Å². The molecule has 2 atom stereocenters. The van der Waals surface area contributed by atoms with E-state index in [0.717, 1.165) is 25.7 Å². The molecule has 2 unspecified atom stereocenters. The molecule has 94 valence electrons. The molecule has 1 saturated carbocycles. The summed E-state index contributed by atoms with van der Waals surface area (Å²) in [6.07, 6.45) is 5.68. The Morgan fingerprint density at radius 2 is 2.35 bits per heavy atom. The summed E-state index contributed by atoms with van der Waals surface area (Å²) in [5.41, 5.74) is 5.96. The molecule has 0 aromatic carbocycles. The highest BCUT2D eigenvalue weighted by Gasteiger charge is 2.27. The number of nitrogens with two attached hydrogens (primary N) is 1. The molecular weight excluding hydrogens is 218 g/mol. The van der Waals surface area contributed by atoms with Crippen molar-refractivity contribution < 1.29 is 4.79 Å². The van der Waals surface area contributed by atoms with Crippen molar-refractivity contribution in [3.63, 3.8) is 0 Å². The van der Waals surface area contributed by atoms with Gasteiger partial charge in [-0.2, -0.15) is 5.10 Å². The average Bonchev–Trinajstić information content (AvgIpc) is 2.73. The van der Waals surface area contributed by atoms with Crippen LogP contribution < -0.4 is 11.1 Å². The van der Waals surface area contributed by atoms with Gasteiger partial charge in [0, 0.05) is 13.1 Å². The molecule has 0 aliphatic heterocycles. The molecule has 2 rings (SSSR count). The minimum Gasteiger partial charge on any atom is -0.348 e. The van der Waals surface area contributed by atoms with Gasteiger partial charge in [0.1, 0.15) is 6.33 Å². The third-order valence-electron chi connectivity index (χ3n) is 3.22. The smallest absolute Gasteiger partial charge is 0.225 e. The van der Waals surface area contributed by atoms with E-state index < -0.39 is 0 Å². The third-order valence-corrected chi connectivity index (χ3v) is 3.22. The maximum Gasteiger partial charge on any atom is 0.225 e. The quantitative estimate of drug-likeness (QED) is 0.771. The number of rotatable bonds is 3. The zero-order valence-corrected chi connectivity index (χ0v) is 10.1. The van der Waals surface area contributed by atoms with Gasteiger partial charge in [-0.05, 0) is 12.8 Å².